The van der Waals surface area contributed by atoms with Crippen LogP contribution in [0.5, 0.6) is 0 Å². The fourth-order valence-corrected chi connectivity index (χ4v) is 1.52. The van der Waals surface area contributed by atoms with Crippen LogP contribution in [-0.4, -0.2) is 6.61 Å². The lowest BCUT2D eigenvalue weighted by molar-refractivity contribution is 0.134. The minimum absolute atomic E-state index is 0.632. The van der Waals surface area contributed by atoms with E-state index in [1.807, 2.05) is 13.0 Å². The molecule has 0 aliphatic rings. The van der Waals surface area contributed by atoms with Gasteiger partial charge in [-0.25, -0.2) is 0 Å². The molecule has 2 nitrogen and oxygen atoms in total. The third-order valence-corrected chi connectivity index (χ3v) is 2.27. The summed E-state index contributed by atoms with van der Waals surface area (Å²) in [6, 6.07) is 6.18. The molecule has 0 radical (unpaired) electrons. The second-order valence-electron chi connectivity index (χ2n) is 3.40. The van der Waals surface area contributed by atoms with Gasteiger partial charge in [-0.15, -0.1) is 0 Å². The van der Waals surface area contributed by atoms with Crippen molar-refractivity contribution >= 4 is 11.0 Å². The summed E-state index contributed by atoms with van der Waals surface area (Å²) in [5.41, 5.74) is 3.31. The minimum Gasteiger partial charge on any atom is -0.464 e. The highest BCUT2D eigenvalue weighted by molar-refractivity contribution is 5.81. The van der Waals surface area contributed by atoms with Crippen LogP contribution in [0.1, 0.15) is 18.1 Å². The lowest BCUT2D eigenvalue weighted by Gasteiger charge is -1.98. The Kier molecular flexibility index (Phi) is 2.55. The van der Waals surface area contributed by atoms with Gasteiger partial charge < -0.3 is 9.15 Å². The standard InChI is InChI=1S/C12H14O2/c1-3-13-7-10-8-14-12-5-4-9(2)6-11(10)12/h4-6,8H,3,7H2,1-2H3. The van der Waals surface area contributed by atoms with Crippen LogP contribution in [0.25, 0.3) is 11.0 Å². The summed E-state index contributed by atoms with van der Waals surface area (Å²) in [5, 5.41) is 1.17. The predicted octanol–water partition coefficient (Wildman–Crippen LogP) is 3.28. The van der Waals surface area contributed by atoms with Crippen molar-refractivity contribution in [3.05, 3.63) is 35.6 Å². The van der Waals surface area contributed by atoms with Gasteiger partial charge in [0.1, 0.15) is 5.58 Å². The molecule has 0 atom stereocenters. The molecule has 1 aromatic heterocycles. The first-order chi connectivity index (χ1) is 6.81. The zero-order valence-electron chi connectivity index (χ0n) is 8.54. The summed E-state index contributed by atoms with van der Waals surface area (Å²) in [4.78, 5) is 0. The van der Waals surface area contributed by atoms with Crippen molar-refractivity contribution in [3.63, 3.8) is 0 Å². The summed E-state index contributed by atoms with van der Waals surface area (Å²) in [6.45, 7) is 5.44. The van der Waals surface area contributed by atoms with Gasteiger partial charge >= 0.3 is 0 Å². The van der Waals surface area contributed by atoms with Gasteiger partial charge in [0.05, 0.1) is 12.9 Å². The molecule has 0 unspecified atom stereocenters. The number of rotatable bonds is 3. The van der Waals surface area contributed by atoms with Crippen LogP contribution in [0.15, 0.2) is 28.9 Å². The fourth-order valence-electron chi connectivity index (χ4n) is 1.52. The number of furan rings is 1. The smallest absolute Gasteiger partial charge is 0.134 e. The van der Waals surface area contributed by atoms with Crippen LogP contribution >= 0.6 is 0 Å². The van der Waals surface area contributed by atoms with Crippen molar-refractivity contribution in [3.8, 4) is 0 Å². The minimum atomic E-state index is 0.632. The molecule has 0 saturated heterocycles. The first-order valence-corrected chi connectivity index (χ1v) is 4.85. The molecule has 0 amide bonds. The second-order valence-corrected chi connectivity index (χ2v) is 3.40. The number of hydrogen-bond donors (Lipinski definition) is 0. The van der Waals surface area contributed by atoms with Crippen LogP contribution in [0.4, 0.5) is 0 Å². The topological polar surface area (TPSA) is 22.4 Å². The van der Waals surface area contributed by atoms with E-state index in [0.29, 0.717) is 6.61 Å². The van der Waals surface area contributed by atoms with Crippen molar-refractivity contribution in [1.29, 1.82) is 0 Å². The normalized spacial score (nSPS) is 11.0. The van der Waals surface area contributed by atoms with E-state index in [-0.39, 0.29) is 0 Å². The lowest BCUT2D eigenvalue weighted by atomic mass is 10.1. The average molecular weight is 190 g/mol. The van der Waals surface area contributed by atoms with E-state index in [0.717, 1.165) is 17.8 Å². The number of ether oxygens (including phenoxy) is 1. The second kappa shape index (κ2) is 3.84. The molecule has 0 aliphatic carbocycles. The first-order valence-electron chi connectivity index (χ1n) is 4.85. The van der Waals surface area contributed by atoms with Crippen LogP contribution in [0.3, 0.4) is 0 Å². The largest absolute Gasteiger partial charge is 0.464 e. The van der Waals surface area contributed by atoms with Gasteiger partial charge in [-0.1, -0.05) is 11.6 Å². The average Bonchev–Trinajstić information content (AvgIpc) is 2.57. The molecule has 0 spiro atoms. The van der Waals surface area contributed by atoms with Crippen molar-refractivity contribution in [2.24, 2.45) is 0 Å². The van der Waals surface area contributed by atoms with E-state index >= 15 is 0 Å². The summed E-state index contributed by atoms with van der Waals surface area (Å²) in [5.74, 6) is 0. The van der Waals surface area contributed by atoms with E-state index in [9.17, 15) is 0 Å². The quantitative estimate of drug-likeness (QED) is 0.741. The molecule has 0 bridgehead atoms. The highest BCUT2D eigenvalue weighted by Gasteiger charge is 2.05. The monoisotopic (exact) mass is 190 g/mol. The van der Waals surface area contributed by atoms with Crippen molar-refractivity contribution < 1.29 is 9.15 Å². The van der Waals surface area contributed by atoms with Crippen LogP contribution in [-0.2, 0) is 11.3 Å². The Bertz CT molecular complexity index is 429. The highest BCUT2D eigenvalue weighted by Crippen LogP contribution is 2.22. The molecule has 0 aliphatic heterocycles. The van der Waals surface area contributed by atoms with Crippen LogP contribution in [0, 0.1) is 6.92 Å². The zero-order chi connectivity index (χ0) is 9.97. The van der Waals surface area contributed by atoms with Crippen LogP contribution in [0.2, 0.25) is 0 Å². The van der Waals surface area contributed by atoms with E-state index in [2.05, 4.69) is 19.1 Å². The Labute approximate surface area is 83.5 Å². The van der Waals surface area contributed by atoms with Gasteiger partial charge in [-0.05, 0) is 26.0 Å². The fraction of sp³-hybridized carbons (Fsp3) is 0.333. The summed E-state index contributed by atoms with van der Waals surface area (Å²) < 4.78 is 10.8. The summed E-state index contributed by atoms with van der Waals surface area (Å²) >= 11 is 0. The molecule has 2 rings (SSSR count). The first kappa shape index (κ1) is 9.28. The third-order valence-electron chi connectivity index (χ3n) is 2.27. The van der Waals surface area contributed by atoms with Crippen molar-refractivity contribution in [1.82, 2.24) is 0 Å². The zero-order valence-corrected chi connectivity index (χ0v) is 8.54. The Morgan fingerprint density at radius 3 is 3.00 bits per heavy atom. The highest BCUT2D eigenvalue weighted by atomic mass is 16.5. The molecule has 1 aromatic carbocycles. The van der Waals surface area contributed by atoms with Crippen LogP contribution < -0.4 is 0 Å². The molecule has 14 heavy (non-hydrogen) atoms. The molecule has 0 N–H and O–H groups in total. The molecular formula is C12H14O2. The SMILES string of the molecule is CCOCc1coc2ccc(C)cc12. The van der Waals surface area contributed by atoms with Crippen molar-refractivity contribution in [2.75, 3.05) is 6.61 Å². The Hall–Kier alpha value is -1.28. The number of hydrogen-bond acceptors (Lipinski definition) is 2. The van der Waals surface area contributed by atoms with Gasteiger partial charge in [-0.3, -0.25) is 0 Å². The Morgan fingerprint density at radius 1 is 1.36 bits per heavy atom. The molecular weight excluding hydrogens is 176 g/mol. The van der Waals surface area contributed by atoms with E-state index in [1.165, 1.54) is 10.9 Å². The van der Waals surface area contributed by atoms with Crippen molar-refractivity contribution in [2.45, 2.75) is 20.5 Å². The molecule has 0 saturated carbocycles. The molecule has 2 heteroatoms. The van der Waals surface area contributed by atoms with E-state index in [1.54, 1.807) is 6.26 Å². The van der Waals surface area contributed by atoms with Gasteiger partial charge in [0, 0.05) is 17.6 Å². The third kappa shape index (κ3) is 1.66. The van der Waals surface area contributed by atoms with Gasteiger partial charge in [-0.2, -0.15) is 0 Å². The molecule has 2 aromatic rings. The summed E-state index contributed by atoms with van der Waals surface area (Å²) in [7, 11) is 0. The Morgan fingerprint density at radius 2 is 2.21 bits per heavy atom. The molecule has 0 fully saturated rings. The predicted molar refractivity (Wildman–Crippen MR) is 56.3 cm³/mol. The lowest BCUT2D eigenvalue weighted by Crippen LogP contribution is -1.89. The van der Waals surface area contributed by atoms with E-state index in [4.69, 9.17) is 9.15 Å². The molecule has 74 valence electrons. The number of aryl methyl sites for hydroxylation is 1. The Balaban J connectivity index is 2.40. The van der Waals surface area contributed by atoms with Gasteiger partial charge in [0.25, 0.3) is 0 Å². The van der Waals surface area contributed by atoms with Gasteiger partial charge in [0.2, 0.25) is 0 Å². The van der Waals surface area contributed by atoms with Gasteiger partial charge in [0.15, 0.2) is 0 Å². The number of fused-ring (bicyclic) bond motifs is 1. The number of benzene rings is 1. The van der Waals surface area contributed by atoms with E-state index < -0.39 is 0 Å². The summed E-state index contributed by atoms with van der Waals surface area (Å²) in [6.07, 6.45) is 1.78. The molecule has 1 heterocycles. The maximum absolute atomic E-state index is 5.42. The maximum atomic E-state index is 5.42. The maximum Gasteiger partial charge on any atom is 0.134 e.